The lowest BCUT2D eigenvalue weighted by molar-refractivity contribution is -0.118. The second-order valence-corrected chi connectivity index (χ2v) is 7.87. The Labute approximate surface area is 204 Å². The second kappa shape index (κ2) is 12.7. The van der Waals surface area contributed by atoms with Crippen LogP contribution in [0.25, 0.3) is 11.0 Å². The molecule has 4 N–H and O–H groups in total. The summed E-state index contributed by atoms with van der Waals surface area (Å²) in [5, 5.41) is 7.10. The van der Waals surface area contributed by atoms with Crippen molar-refractivity contribution in [2.24, 2.45) is 5.73 Å². The van der Waals surface area contributed by atoms with Gasteiger partial charge in [-0.05, 0) is 18.6 Å². The molecule has 0 aliphatic heterocycles. The molecule has 0 unspecified atom stereocenters. The number of ether oxygens (including phenoxy) is 2. The van der Waals surface area contributed by atoms with Crippen molar-refractivity contribution in [3.8, 4) is 0 Å². The second-order valence-electron chi connectivity index (χ2n) is 7.87. The number of hydrogen-bond acceptors (Lipinski definition) is 8. The van der Waals surface area contributed by atoms with Crippen LogP contribution in [0.3, 0.4) is 0 Å². The molecule has 0 spiro atoms. The van der Waals surface area contributed by atoms with Crippen LogP contribution in [0.15, 0.2) is 36.4 Å². The maximum atomic E-state index is 13.8. The molecule has 0 atom stereocenters. The van der Waals surface area contributed by atoms with Crippen LogP contribution in [-0.4, -0.2) is 78.3 Å². The van der Waals surface area contributed by atoms with Gasteiger partial charge < -0.3 is 35.3 Å². The van der Waals surface area contributed by atoms with Gasteiger partial charge in [0.25, 0.3) is 5.91 Å². The number of amides is 2. The molecule has 0 saturated heterocycles. The van der Waals surface area contributed by atoms with E-state index in [-0.39, 0.29) is 19.0 Å². The first kappa shape index (κ1) is 25.9. The molecular formula is C24H33N7O4. The Morgan fingerprint density at radius 2 is 1.83 bits per heavy atom. The molecule has 0 bridgehead atoms. The molecule has 2 amide bonds. The number of carbonyl (C=O) groups is 2. The predicted octanol–water partition coefficient (Wildman–Crippen LogP) is 1.70. The normalized spacial score (nSPS) is 10.9. The number of aromatic nitrogens is 3. The van der Waals surface area contributed by atoms with E-state index in [9.17, 15) is 9.59 Å². The summed E-state index contributed by atoms with van der Waals surface area (Å²) in [4.78, 5) is 36.3. The summed E-state index contributed by atoms with van der Waals surface area (Å²) in [5.41, 5.74) is 7.33. The van der Waals surface area contributed by atoms with E-state index in [0.717, 1.165) is 5.56 Å². The van der Waals surface area contributed by atoms with Gasteiger partial charge in [-0.2, -0.15) is 9.97 Å². The average Bonchev–Trinajstić information content (AvgIpc) is 3.21. The number of nitrogens with zero attached hydrogens (tertiary/aromatic N) is 4. The van der Waals surface area contributed by atoms with E-state index in [1.165, 1.54) is 4.90 Å². The highest BCUT2D eigenvalue weighted by molar-refractivity contribution is 6.02. The maximum Gasteiger partial charge on any atom is 0.271 e. The lowest BCUT2D eigenvalue weighted by atomic mass is 10.2. The summed E-state index contributed by atoms with van der Waals surface area (Å²) in [6, 6.07) is 11.2. The van der Waals surface area contributed by atoms with Crippen LogP contribution >= 0.6 is 0 Å². The van der Waals surface area contributed by atoms with Crippen LogP contribution in [0.4, 0.5) is 11.8 Å². The zero-order valence-electron chi connectivity index (χ0n) is 20.4. The zero-order chi connectivity index (χ0) is 25.2. The summed E-state index contributed by atoms with van der Waals surface area (Å²) in [6.45, 7) is 4.41. The van der Waals surface area contributed by atoms with E-state index in [2.05, 4.69) is 20.6 Å². The van der Waals surface area contributed by atoms with Gasteiger partial charge in [0, 0.05) is 40.4 Å². The van der Waals surface area contributed by atoms with Crippen molar-refractivity contribution in [3.05, 3.63) is 47.7 Å². The fourth-order valence-electron chi connectivity index (χ4n) is 3.71. The summed E-state index contributed by atoms with van der Waals surface area (Å²) in [6.07, 6.45) is 0. The van der Waals surface area contributed by atoms with Crippen LogP contribution in [0.5, 0.6) is 0 Å². The first-order valence-corrected chi connectivity index (χ1v) is 11.5. The molecule has 3 rings (SSSR count). The Hall–Kier alpha value is -3.70. The van der Waals surface area contributed by atoms with Crippen molar-refractivity contribution >= 4 is 34.6 Å². The van der Waals surface area contributed by atoms with Crippen LogP contribution in [0.2, 0.25) is 0 Å². The minimum atomic E-state index is -0.591. The highest BCUT2D eigenvalue weighted by Crippen LogP contribution is 2.27. The summed E-state index contributed by atoms with van der Waals surface area (Å²) < 4.78 is 12.2. The number of primary amides is 1. The molecule has 11 nitrogen and oxygen atoms in total. The smallest absolute Gasteiger partial charge is 0.271 e. The number of anilines is 2. The molecule has 0 fully saturated rings. The maximum absolute atomic E-state index is 13.8. The number of nitrogens with two attached hydrogens (primary N) is 1. The Morgan fingerprint density at radius 3 is 2.49 bits per heavy atom. The summed E-state index contributed by atoms with van der Waals surface area (Å²) in [7, 11) is 3.22. The number of rotatable bonds is 14. The van der Waals surface area contributed by atoms with Crippen LogP contribution in [0.1, 0.15) is 23.0 Å². The molecular weight excluding hydrogens is 450 g/mol. The van der Waals surface area contributed by atoms with E-state index in [0.29, 0.717) is 61.3 Å². The van der Waals surface area contributed by atoms with Gasteiger partial charge in [0.2, 0.25) is 11.9 Å². The Kier molecular flexibility index (Phi) is 9.39. The van der Waals surface area contributed by atoms with Gasteiger partial charge in [-0.1, -0.05) is 30.3 Å². The topological polar surface area (TPSA) is 137 Å². The first-order valence-electron chi connectivity index (χ1n) is 11.5. The number of hydrogen-bond donors (Lipinski definition) is 3. The minimum absolute atomic E-state index is 0.213. The molecule has 0 aliphatic carbocycles. The lowest BCUT2D eigenvalue weighted by Gasteiger charge is -2.22. The van der Waals surface area contributed by atoms with Gasteiger partial charge in [-0.15, -0.1) is 0 Å². The van der Waals surface area contributed by atoms with Crippen molar-refractivity contribution in [3.63, 3.8) is 0 Å². The van der Waals surface area contributed by atoms with E-state index in [1.54, 1.807) is 24.9 Å². The van der Waals surface area contributed by atoms with Gasteiger partial charge in [-0.3, -0.25) is 9.59 Å². The number of methoxy groups -OCH3 is 2. The number of fused-ring (bicyclic) bond motifs is 1. The van der Waals surface area contributed by atoms with Gasteiger partial charge in [-0.25, -0.2) is 0 Å². The molecule has 11 heteroatoms. The predicted molar refractivity (Wildman–Crippen MR) is 134 cm³/mol. The Morgan fingerprint density at radius 1 is 1.09 bits per heavy atom. The van der Waals surface area contributed by atoms with Crippen molar-refractivity contribution in [1.82, 2.24) is 19.4 Å². The molecule has 35 heavy (non-hydrogen) atoms. The molecule has 0 radical (unpaired) electrons. The quantitative estimate of drug-likeness (QED) is 0.295. The van der Waals surface area contributed by atoms with E-state index in [4.69, 9.17) is 15.2 Å². The summed E-state index contributed by atoms with van der Waals surface area (Å²) >= 11 is 0. The van der Waals surface area contributed by atoms with E-state index < -0.39 is 5.91 Å². The third-order valence-electron chi connectivity index (χ3n) is 5.27. The molecule has 2 aromatic heterocycles. The van der Waals surface area contributed by atoms with Crippen molar-refractivity contribution in [1.29, 1.82) is 0 Å². The third kappa shape index (κ3) is 6.67. The number of carbonyl (C=O) groups excluding carboxylic acids is 2. The van der Waals surface area contributed by atoms with E-state index >= 15 is 0 Å². The van der Waals surface area contributed by atoms with Gasteiger partial charge >= 0.3 is 0 Å². The summed E-state index contributed by atoms with van der Waals surface area (Å²) in [5.74, 6) is 0.0939. The number of benzene rings is 1. The molecule has 1 aromatic carbocycles. The van der Waals surface area contributed by atoms with Gasteiger partial charge in [0.05, 0.1) is 18.6 Å². The minimum Gasteiger partial charge on any atom is -0.383 e. The van der Waals surface area contributed by atoms with Crippen LogP contribution in [0, 0.1) is 0 Å². The number of nitrogens with one attached hydrogen (secondary N) is 2. The highest BCUT2D eigenvalue weighted by Gasteiger charge is 2.25. The lowest BCUT2D eigenvalue weighted by Crippen LogP contribution is -2.39. The Balaban J connectivity index is 2.08. The molecule has 3 aromatic rings. The fourth-order valence-corrected chi connectivity index (χ4v) is 3.71. The monoisotopic (exact) mass is 483 g/mol. The van der Waals surface area contributed by atoms with Crippen molar-refractivity contribution in [2.75, 3.05) is 57.7 Å². The first-order chi connectivity index (χ1) is 17.0. The van der Waals surface area contributed by atoms with E-state index in [1.807, 2.05) is 37.3 Å². The molecule has 188 valence electrons. The fraction of sp³-hybridized carbons (Fsp3) is 0.417. The highest BCUT2D eigenvalue weighted by atomic mass is 16.5. The largest absolute Gasteiger partial charge is 0.383 e. The standard InChI is InChI=1S/C24H33N7O4/c1-4-26-21-18-14-19(23(33)30(16-20(25)32)15-17-8-6-5-7-9-17)31(11-13-35-3)22(18)29-24(28-21)27-10-12-34-2/h5-9,14H,4,10-13,15-16H2,1-3H3,(H2,25,32)(H2,26,27,28,29). The third-order valence-corrected chi connectivity index (χ3v) is 5.27. The van der Waals surface area contributed by atoms with Crippen molar-refractivity contribution in [2.45, 2.75) is 20.0 Å². The molecule has 0 aliphatic rings. The molecule has 0 saturated carbocycles. The van der Waals surface area contributed by atoms with Crippen LogP contribution < -0.4 is 16.4 Å². The van der Waals surface area contributed by atoms with Gasteiger partial charge in [0.15, 0.2) is 0 Å². The average molecular weight is 484 g/mol. The Bertz CT molecular complexity index is 1130. The SMILES string of the molecule is CCNc1nc(NCCOC)nc2c1cc(C(=O)N(CC(N)=O)Cc1ccccc1)n2CCOC. The van der Waals surface area contributed by atoms with Crippen molar-refractivity contribution < 1.29 is 19.1 Å². The van der Waals surface area contributed by atoms with Crippen LogP contribution in [-0.2, 0) is 27.4 Å². The van der Waals surface area contributed by atoms with Gasteiger partial charge in [0.1, 0.15) is 23.7 Å². The molecule has 2 heterocycles. The zero-order valence-corrected chi connectivity index (χ0v) is 20.4.